The van der Waals surface area contributed by atoms with E-state index < -0.39 is 4.92 Å². The van der Waals surface area contributed by atoms with Crippen LogP contribution in [0.2, 0.25) is 0 Å². The molecule has 4 rings (SSSR count). The fourth-order valence-electron chi connectivity index (χ4n) is 3.16. The van der Waals surface area contributed by atoms with Gasteiger partial charge in [-0.15, -0.1) is 0 Å². The van der Waals surface area contributed by atoms with Gasteiger partial charge in [-0.2, -0.15) is 4.98 Å². The van der Waals surface area contributed by atoms with Gasteiger partial charge in [-0.05, 0) is 38.8 Å². The molecule has 21 heavy (non-hydrogen) atoms. The van der Waals surface area contributed by atoms with Crippen molar-refractivity contribution in [2.75, 3.05) is 36.8 Å². The first-order valence-corrected chi connectivity index (χ1v) is 7.41. The molecule has 4 heterocycles. The van der Waals surface area contributed by atoms with E-state index in [9.17, 15) is 10.1 Å². The van der Waals surface area contributed by atoms with Crippen molar-refractivity contribution >= 4 is 17.5 Å². The molecule has 3 fully saturated rings. The normalized spacial score (nSPS) is 27.4. The van der Waals surface area contributed by atoms with Crippen LogP contribution in [0.25, 0.3) is 0 Å². The van der Waals surface area contributed by atoms with E-state index in [1.807, 2.05) is 6.92 Å². The van der Waals surface area contributed by atoms with Gasteiger partial charge in [0.1, 0.15) is 6.20 Å². The van der Waals surface area contributed by atoms with Gasteiger partial charge in [-0.3, -0.25) is 10.1 Å². The number of nitro groups is 1. The minimum Gasteiger partial charge on any atom is -0.360 e. The van der Waals surface area contributed by atoms with Crippen molar-refractivity contribution in [3.8, 4) is 0 Å². The van der Waals surface area contributed by atoms with E-state index >= 15 is 0 Å². The predicted octanol–water partition coefficient (Wildman–Crippen LogP) is 1.32. The molecular formula is C13H20N6O2. The lowest BCUT2D eigenvalue weighted by molar-refractivity contribution is -0.384. The number of nitrogens with one attached hydrogen (secondary N) is 2. The van der Waals surface area contributed by atoms with Crippen LogP contribution in [0.15, 0.2) is 6.20 Å². The van der Waals surface area contributed by atoms with E-state index in [1.165, 1.54) is 6.20 Å². The Morgan fingerprint density at radius 3 is 2.81 bits per heavy atom. The Bertz CT molecular complexity index is 529. The van der Waals surface area contributed by atoms with Gasteiger partial charge in [0, 0.05) is 19.1 Å². The third kappa shape index (κ3) is 2.90. The van der Waals surface area contributed by atoms with Gasteiger partial charge >= 0.3 is 5.69 Å². The van der Waals surface area contributed by atoms with Gasteiger partial charge in [0.05, 0.1) is 4.92 Å². The number of piperidine rings is 3. The lowest BCUT2D eigenvalue weighted by Crippen LogP contribution is -2.53. The van der Waals surface area contributed by atoms with Crippen molar-refractivity contribution in [3.05, 3.63) is 16.3 Å². The molecule has 1 aromatic rings. The molecule has 1 aromatic heterocycles. The Kier molecular flexibility index (Phi) is 3.87. The quantitative estimate of drug-likeness (QED) is 0.624. The zero-order valence-electron chi connectivity index (χ0n) is 12.1. The zero-order valence-corrected chi connectivity index (χ0v) is 12.1. The molecule has 114 valence electrons. The Hall–Kier alpha value is -1.96. The van der Waals surface area contributed by atoms with Crippen LogP contribution in [0.3, 0.4) is 0 Å². The summed E-state index contributed by atoms with van der Waals surface area (Å²) in [6, 6.07) is 0.232. The molecule has 2 bridgehead atoms. The molecule has 0 aromatic carbocycles. The maximum atomic E-state index is 11.1. The fraction of sp³-hybridized carbons (Fsp3) is 0.692. The molecule has 0 spiro atoms. The largest absolute Gasteiger partial charge is 0.360 e. The SMILES string of the molecule is CCNc1ncc([N+](=O)[O-])c(NC2CN3CCC2CC3)n1. The lowest BCUT2D eigenvalue weighted by atomic mass is 9.84. The number of anilines is 2. The summed E-state index contributed by atoms with van der Waals surface area (Å²) >= 11 is 0. The summed E-state index contributed by atoms with van der Waals surface area (Å²) in [5, 5.41) is 17.4. The molecule has 0 amide bonds. The summed E-state index contributed by atoms with van der Waals surface area (Å²) in [5.74, 6) is 1.32. The van der Waals surface area contributed by atoms with Gasteiger partial charge in [0.25, 0.3) is 0 Å². The average molecular weight is 292 g/mol. The molecule has 0 radical (unpaired) electrons. The first-order valence-electron chi connectivity index (χ1n) is 7.41. The summed E-state index contributed by atoms with van der Waals surface area (Å²) < 4.78 is 0. The van der Waals surface area contributed by atoms with E-state index in [0.29, 0.717) is 24.2 Å². The molecule has 2 N–H and O–H groups in total. The van der Waals surface area contributed by atoms with Crippen molar-refractivity contribution in [2.45, 2.75) is 25.8 Å². The van der Waals surface area contributed by atoms with Gasteiger partial charge in [-0.1, -0.05) is 0 Å². The van der Waals surface area contributed by atoms with E-state index in [1.54, 1.807) is 0 Å². The second kappa shape index (κ2) is 5.80. The maximum Gasteiger partial charge on any atom is 0.329 e. The van der Waals surface area contributed by atoms with Crippen LogP contribution in [-0.4, -0.2) is 52.0 Å². The number of nitrogens with zero attached hydrogens (tertiary/aromatic N) is 4. The fourth-order valence-corrected chi connectivity index (χ4v) is 3.16. The second-order valence-electron chi connectivity index (χ2n) is 5.60. The van der Waals surface area contributed by atoms with E-state index in [-0.39, 0.29) is 11.7 Å². The Balaban J connectivity index is 1.82. The molecule has 1 unspecified atom stereocenters. The zero-order chi connectivity index (χ0) is 14.8. The summed E-state index contributed by atoms with van der Waals surface area (Å²) in [5.41, 5.74) is -0.0619. The lowest BCUT2D eigenvalue weighted by Gasteiger charge is -2.45. The average Bonchev–Trinajstić information content (AvgIpc) is 2.49. The molecule has 3 saturated heterocycles. The molecule has 1 atom stereocenters. The Morgan fingerprint density at radius 2 is 2.24 bits per heavy atom. The van der Waals surface area contributed by atoms with Gasteiger partial charge in [0.2, 0.25) is 11.8 Å². The van der Waals surface area contributed by atoms with Crippen LogP contribution in [-0.2, 0) is 0 Å². The Morgan fingerprint density at radius 1 is 1.48 bits per heavy atom. The number of hydrogen-bond acceptors (Lipinski definition) is 7. The van der Waals surface area contributed by atoms with Gasteiger partial charge in [0.15, 0.2) is 0 Å². The van der Waals surface area contributed by atoms with Gasteiger partial charge < -0.3 is 15.5 Å². The van der Waals surface area contributed by atoms with E-state index in [2.05, 4.69) is 25.5 Å². The monoisotopic (exact) mass is 292 g/mol. The molecule has 3 aliphatic rings. The highest BCUT2D eigenvalue weighted by Crippen LogP contribution is 2.31. The smallest absolute Gasteiger partial charge is 0.329 e. The third-order valence-electron chi connectivity index (χ3n) is 4.28. The molecule has 8 nitrogen and oxygen atoms in total. The van der Waals surface area contributed by atoms with Crippen molar-refractivity contribution in [3.63, 3.8) is 0 Å². The topological polar surface area (TPSA) is 96.2 Å². The highest BCUT2D eigenvalue weighted by molar-refractivity contribution is 5.57. The van der Waals surface area contributed by atoms with Gasteiger partial charge in [-0.25, -0.2) is 4.98 Å². The number of hydrogen-bond donors (Lipinski definition) is 2. The number of aromatic nitrogens is 2. The predicted molar refractivity (Wildman–Crippen MR) is 79.4 cm³/mol. The van der Waals surface area contributed by atoms with Crippen LogP contribution >= 0.6 is 0 Å². The maximum absolute atomic E-state index is 11.1. The van der Waals surface area contributed by atoms with Crippen molar-refractivity contribution in [1.82, 2.24) is 14.9 Å². The van der Waals surface area contributed by atoms with Crippen LogP contribution in [0.1, 0.15) is 19.8 Å². The molecular weight excluding hydrogens is 272 g/mol. The van der Waals surface area contributed by atoms with Crippen LogP contribution in [0, 0.1) is 16.0 Å². The minimum atomic E-state index is -0.431. The molecule has 3 aliphatic heterocycles. The second-order valence-corrected chi connectivity index (χ2v) is 5.60. The molecule has 0 aliphatic carbocycles. The first-order chi connectivity index (χ1) is 10.2. The van der Waals surface area contributed by atoms with E-state index in [4.69, 9.17) is 0 Å². The minimum absolute atomic E-state index is 0.0619. The number of rotatable bonds is 5. The van der Waals surface area contributed by atoms with Crippen LogP contribution in [0.5, 0.6) is 0 Å². The molecule has 0 saturated carbocycles. The third-order valence-corrected chi connectivity index (χ3v) is 4.28. The summed E-state index contributed by atoms with van der Waals surface area (Å²) in [6.45, 7) is 5.82. The van der Waals surface area contributed by atoms with Crippen molar-refractivity contribution < 1.29 is 4.92 Å². The van der Waals surface area contributed by atoms with E-state index in [0.717, 1.165) is 32.5 Å². The molecule has 8 heteroatoms. The summed E-state index contributed by atoms with van der Waals surface area (Å²) in [4.78, 5) is 21.4. The highest BCUT2D eigenvalue weighted by atomic mass is 16.6. The standard InChI is InChI=1S/C13H20N6O2/c1-2-14-13-15-7-11(19(20)21)12(17-13)16-10-8-18-5-3-9(10)4-6-18/h7,9-10H,2-6,8H2,1H3,(H2,14,15,16,17). The van der Waals surface area contributed by atoms with Crippen LogP contribution in [0.4, 0.5) is 17.5 Å². The first kappa shape index (κ1) is 14.0. The van der Waals surface area contributed by atoms with Crippen molar-refractivity contribution in [2.24, 2.45) is 5.92 Å². The Labute approximate surface area is 123 Å². The van der Waals surface area contributed by atoms with Crippen molar-refractivity contribution in [1.29, 1.82) is 0 Å². The number of fused-ring (bicyclic) bond motifs is 3. The highest BCUT2D eigenvalue weighted by Gasteiger charge is 2.35. The van der Waals surface area contributed by atoms with Crippen LogP contribution < -0.4 is 10.6 Å². The summed E-state index contributed by atoms with van der Waals surface area (Å²) in [7, 11) is 0. The summed E-state index contributed by atoms with van der Waals surface area (Å²) in [6.07, 6.45) is 3.57.